The third-order valence-corrected chi connectivity index (χ3v) is 5.95. The second-order valence-electron chi connectivity index (χ2n) is 7.19. The Morgan fingerprint density at radius 3 is 3.24 bits per heavy atom. The van der Waals surface area contributed by atoms with Crippen LogP contribution in [0.3, 0.4) is 0 Å². The zero-order chi connectivity index (χ0) is 14.3. The molecule has 2 aliphatic carbocycles. The SMILES string of the molecule is O=C(NCC12CCCCC1C2)C1CCc2nncn2CC1. The fraction of sp³-hybridized carbons (Fsp3) is 0.812. The smallest absolute Gasteiger partial charge is 0.223 e. The number of carbonyl (C=O) groups is 1. The van der Waals surface area contributed by atoms with Crippen molar-refractivity contribution in [3.05, 3.63) is 12.2 Å². The van der Waals surface area contributed by atoms with Gasteiger partial charge in [-0.2, -0.15) is 0 Å². The van der Waals surface area contributed by atoms with Gasteiger partial charge in [0.05, 0.1) is 0 Å². The molecule has 21 heavy (non-hydrogen) atoms. The van der Waals surface area contributed by atoms with Crippen molar-refractivity contribution >= 4 is 5.91 Å². The van der Waals surface area contributed by atoms with Gasteiger partial charge in [-0.1, -0.05) is 12.8 Å². The molecule has 0 saturated heterocycles. The molecule has 2 saturated carbocycles. The Balaban J connectivity index is 1.31. The highest BCUT2D eigenvalue weighted by Crippen LogP contribution is 2.60. The number of nitrogens with zero attached hydrogens (tertiary/aromatic N) is 3. The van der Waals surface area contributed by atoms with E-state index in [2.05, 4.69) is 20.1 Å². The lowest BCUT2D eigenvalue weighted by atomic mass is 9.88. The molecule has 0 bridgehead atoms. The minimum absolute atomic E-state index is 0.142. The Morgan fingerprint density at radius 1 is 1.38 bits per heavy atom. The average Bonchev–Trinajstić information content (AvgIpc) is 3.14. The number of aromatic nitrogens is 3. The largest absolute Gasteiger partial charge is 0.355 e. The van der Waals surface area contributed by atoms with Crippen molar-refractivity contribution in [1.82, 2.24) is 20.1 Å². The van der Waals surface area contributed by atoms with E-state index in [-0.39, 0.29) is 11.8 Å². The first kappa shape index (κ1) is 13.3. The van der Waals surface area contributed by atoms with Crippen molar-refractivity contribution in [3.8, 4) is 0 Å². The van der Waals surface area contributed by atoms with E-state index in [0.717, 1.165) is 44.1 Å². The van der Waals surface area contributed by atoms with Gasteiger partial charge in [0.2, 0.25) is 5.91 Å². The molecule has 3 aliphatic rings. The second kappa shape index (κ2) is 5.11. The van der Waals surface area contributed by atoms with E-state index >= 15 is 0 Å². The zero-order valence-electron chi connectivity index (χ0n) is 12.6. The molecule has 5 heteroatoms. The normalized spacial score (nSPS) is 34.5. The topological polar surface area (TPSA) is 59.8 Å². The van der Waals surface area contributed by atoms with Crippen molar-refractivity contribution in [2.24, 2.45) is 17.3 Å². The van der Waals surface area contributed by atoms with Gasteiger partial charge in [-0.25, -0.2) is 0 Å². The highest BCUT2D eigenvalue weighted by molar-refractivity contribution is 5.78. The molecular formula is C16H24N4O. The Labute approximate surface area is 125 Å². The number of aryl methyl sites for hydroxylation is 2. The van der Waals surface area contributed by atoms with E-state index in [0.29, 0.717) is 5.41 Å². The Morgan fingerprint density at radius 2 is 2.33 bits per heavy atom. The molecule has 1 N–H and O–H groups in total. The average molecular weight is 288 g/mol. The van der Waals surface area contributed by atoms with Gasteiger partial charge in [-0.3, -0.25) is 4.79 Å². The van der Waals surface area contributed by atoms with Crippen LogP contribution >= 0.6 is 0 Å². The van der Waals surface area contributed by atoms with Crippen LogP contribution in [-0.4, -0.2) is 27.2 Å². The summed E-state index contributed by atoms with van der Waals surface area (Å²) in [5.74, 6) is 2.33. The summed E-state index contributed by atoms with van der Waals surface area (Å²) in [4.78, 5) is 12.5. The molecule has 3 atom stereocenters. The summed E-state index contributed by atoms with van der Waals surface area (Å²) in [5.41, 5.74) is 0.482. The van der Waals surface area contributed by atoms with Gasteiger partial charge in [-0.05, 0) is 43.4 Å². The van der Waals surface area contributed by atoms with Crippen LogP contribution < -0.4 is 5.32 Å². The monoisotopic (exact) mass is 288 g/mol. The van der Waals surface area contributed by atoms with Crippen LogP contribution in [0.25, 0.3) is 0 Å². The first-order valence-electron chi connectivity index (χ1n) is 8.41. The van der Waals surface area contributed by atoms with Gasteiger partial charge in [0, 0.05) is 25.4 Å². The molecule has 114 valence electrons. The quantitative estimate of drug-likeness (QED) is 0.924. The van der Waals surface area contributed by atoms with E-state index in [1.165, 1.54) is 32.1 Å². The molecular weight excluding hydrogens is 264 g/mol. The molecule has 1 aromatic heterocycles. The molecule has 2 fully saturated rings. The summed E-state index contributed by atoms with van der Waals surface area (Å²) in [6, 6.07) is 0. The number of fused-ring (bicyclic) bond motifs is 2. The molecule has 1 aliphatic heterocycles. The van der Waals surface area contributed by atoms with E-state index in [1.807, 2.05) is 0 Å². The highest BCUT2D eigenvalue weighted by Gasteiger charge is 2.54. The number of amides is 1. The maximum atomic E-state index is 12.5. The number of rotatable bonds is 3. The lowest BCUT2D eigenvalue weighted by Crippen LogP contribution is -2.36. The van der Waals surface area contributed by atoms with Crippen LogP contribution in [0.2, 0.25) is 0 Å². The van der Waals surface area contributed by atoms with Gasteiger partial charge in [0.15, 0.2) is 0 Å². The van der Waals surface area contributed by atoms with Crippen LogP contribution in [0.5, 0.6) is 0 Å². The molecule has 1 amide bonds. The van der Waals surface area contributed by atoms with Crippen LogP contribution in [0.4, 0.5) is 0 Å². The second-order valence-corrected chi connectivity index (χ2v) is 7.19. The molecule has 0 aromatic carbocycles. The summed E-state index contributed by atoms with van der Waals surface area (Å²) in [6.45, 7) is 1.79. The Kier molecular flexibility index (Phi) is 3.23. The highest BCUT2D eigenvalue weighted by atomic mass is 16.1. The minimum atomic E-state index is 0.142. The van der Waals surface area contributed by atoms with Crippen LogP contribution in [0.15, 0.2) is 6.33 Å². The van der Waals surface area contributed by atoms with Gasteiger partial charge < -0.3 is 9.88 Å². The summed E-state index contributed by atoms with van der Waals surface area (Å²) in [7, 11) is 0. The standard InChI is InChI=1S/C16H24N4O/c21-15(17-10-16-7-2-1-3-13(16)9-16)12-4-5-14-19-18-11-20(14)8-6-12/h11-13H,1-10H2,(H,17,21). The zero-order valence-corrected chi connectivity index (χ0v) is 12.6. The van der Waals surface area contributed by atoms with Crippen molar-refractivity contribution in [3.63, 3.8) is 0 Å². The van der Waals surface area contributed by atoms with E-state index in [1.54, 1.807) is 6.33 Å². The van der Waals surface area contributed by atoms with Gasteiger partial charge in [0.1, 0.15) is 12.2 Å². The van der Waals surface area contributed by atoms with Crippen molar-refractivity contribution < 1.29 is 4.79 Å². The van der Waals surface area contributed by atoms with Crippen LogP contribution in [-0.2, 0) is 17.8 Å². The number of hydrogen-bond acceptors (Lipinski definition) is 3. The predicted octanol–water partition coefficient (Wildman–Crippen LogP) is 1.93. The minimum Gasteiger partial charge on any atom is -0.355 e. The van der Waals surface area contributed by atoms with E-state index in [4.69, 9.17) is 0 Å². The maximum absolute atomic E-state index is 12.5. The van der Waals surface area contributed by atoms with Crippen LogP contribution in [0.1, 0.15) is 50.8 Å². The summed E-state index contributed by atoms with van der Waals surface area (Å²) >= 11 is 0. The first-order valence-corrected chi connectivity index (χ1v) is 8.41. The number of hydrogen-bond donors (Lipinski definition) is 1. The third-order valence-electron chi connectivity index (χ3n) is 5.95. The Hall–Kier alpha value is -1.39. The maximum Gasteiger partial charge on any atom is 0.223 e. The molecule has 0 spiro atoms. The summed E-state index contributed by atoms with van der Waals surface area (Å²) in [5, 5.41) is 11.3. The molecule has 5 nitrogen and oxygen atoms in total. The van der Waals surface area contributed by atoms with E-state index < -0.39 is 0 Å². The molecule has 1 aromatic rings. The fourth-order valence-electron chi connectivity index (χ4n) is 4.39. The van der Waals surface area contributed by atoms with Crippen LogP contribution in [0, 0.1) is 17.3 Å². The van der Waals surface area contributed by atoms with Crippen molar-refractivity contribution in [1.29, 1.82) is 0 Å². The van der Waals surface area contributed by atoms with Gasteiger partial charge >= 0.3 is 0 Å². The predicted molar refractivity (Wildman–Crippen MR) is 78.5 cm³/mol. The summed E-state index contributed by atoms with van der Waals surface area (Å²) in [6.07, 6.45) is 11.3. The number of carbonyl (C=O) groups excluding carboxylic acids is 1. The molecule has 3 unspecified atom stereocenters. The van der Waals surface area contributed by atoms with Crippen molar-refractivity contribution in [2.45, 2.75) is 57.9 Å². The molecule has 4 rings (SSSR count). The molecule has 2 heterocycles. The lowest BCUT2D eigenvalue weighted by Gasteiger charge is -2.23. The fourth-order valence-corrected chi connectivity index (χ4v) is 4.39. The molecule has 0 radical (unpaired) electrons. The Bertz CT molecular complexity index is 518. The van der Waals surface area contributed by atoms with Gasteiger partial charge in [-0.15, -0.1) is 10.2 Å². The number of nitrogens with one attached hydrogen (secondary N) is 1. The third kappa shape index (κ3) is 2.47. The first-order chi connectivity index (χ1) is 10.3. The van der Waals surface area contributed by atoms with E-state index in [9.17, 15) is 4.79 Å². The van der Waals surface area contributed by atoms with Gasteiger partial charge in [0.25, 0.3) is 0 Å². The summed E-state index contributed by atoms with van der Waals surface area (Å²) < 4.78 is 2.09. The van der Waals surface area contributed by atoms with Crippen molar-refractivity contribution in [2.75, 3.05) is 6.54 Å². The lowest BCUT2D eigenvalue weighted by molar-refractivity contribution is -0.125.